The number of rotatable bonds is 3. The van der Waals surface area contributed by atoms with Crippen LogP contribution in [0, 0.1) is 20.8 Å². The van der Waals surface area contributed by atoms with Gasteiger partial charge >= 0.3 is 0 Å². The number of nitrogens with one attached hydrogen (secondary N) is 1. The first-order chi connectivity index (χ1) is 9.22. The molecule has 3 N–H and O–H groups in total. The second kappa shape index (κ2) is 4.82. The summed E-state index contributed by atoms with van der Waals surface area (Å²) >= 11 is 0. The maximum Gasteiger partial charge on any atom is 0.263 e. The molecular formula is C13H18N4O2S. The van der Waals surface area contributed by atoms with Gasteiger partial charge in [0.15, 0.2) is 0 Å². The molecule has 0 fully saturated rings. The summed E-state index contributed by atoms with van der Waals surface area (Å²) in [6, 6.07) is 5.08. The highest BCUT2D eigenvalue weighted by Crippen LogP contribution is 2.26. The van der Waals surface area contributed by atoms with Crippen LogP contribution in [0.15, 0.2) is 23.1 Å². The standard InChI is InChI=1S/C13H18N4O2S/c1-8-5-6-11(14)10(3)13(8)20(18,19)16-12-7-9(2)15-17(12)4/h5-7,16H,14H2,1-4H3. The molecule has 0 atom stereocenters. The Morgan fingerprint density at radius 3 is 2.45 bits per heavy atom. The number of nitrogens with two attached hydrogens (primary N) is 1. The summed E-state index contributed by atoms with van der Waals surface area (Å²) < 4.78 is 29.1. The van der Waals surface area contributed by atoms with Crippen molar-refractivity contribution in [1.29, 1.82) is 0 Å². The summed E-state index contributed by atoms with van der Waals surface area (Å²) in [6.07, 6.45) is 0. The van der Waals surface area contributed by atoms with E-state index in [1.165, 1.54) is 4.68 Å². The maximum absolute atomic E-state index is 12.5. The van der Waals surface area contributed by atoms with Crippen molar-refractivity contribution in [2.24, 2.45) is 7.05 Å². The number of benzene rings is 1. The van der Waals surface area contributed by atoms with E-state index >= 15 is 0 Å². The molecule has 2 rings (SSSR count). The van der Waals surface area contributed by atoms with Crippen molar-refractivity contribution in [1.82, 2.24) is 9.78 Å². The average Bonchev–Trinajstić information content (AvgIpc) is 2.62. The van der Waals surface area contributed by atoms with Gasteiger partial charge < -0.3 is 5.73 Å². The van der Waals surface area contributed by atoms with Gasteiger partial charge in [-0.05, 0) is 38.0 Å². The zero-order valence-electron chi connectivity index (χ0n) is 11.9. The van der Waals surface area contributed by atoms with E-state index in [-0.39, 0.29) is 4.90 Å². The molecule has 0 saturated heterocycles. The van der Waals surface area contributed by atoms with E-state index in [0.717, 1.165) is 5.69 Å². The average molecular weight is 294 g/mol. The first-order valence-electron chi connectivity index (χ1n) is 6.11. The van der Waals surface area contributed by atoms with E-state index < -0.39 is 10.0 Å². The zero-order valence-corrected chi connectivity index (χ0v) is 12.7. The Morgan fingerprint density at radius 1 is 1.25 bits per heavy atom. The van der Waals surface area contributed by atoms with E-state index in [1.54, 1.807) is 46.0 Å². The Kier molecular flexibility index (Phi) is 3.47. The summed E-state index contributed by atoms with van der Waals surface area (Å²) in [5.41, 5.74) is 8.21. The molecule has 2 aromatic rings. The number of anilines is 2. The van der Waals surface area contributed by atoms with Gasteiger partial charge in [-0.25, -0.2) is 8.42 Å². The van der Waals surface area contributed by atoms with Crippen LogP contribution < -0.4 is 10.5 Å². The van der Waals surface area contributed by atoms with Crippen LogP contribution in [-0.4, -0.2) is 18.2 Å². The lowest BCUT2D eigenvalue weighted by Crippen LogP contribution is -2.18. The molecule has 0 amide bonds. The number of aryl methyl sites for hydroxylation is 3. The lowest BCUT2D eigenvalue weighted by atomic mass is 10.1. The highest BCUT2D eigenvalue weighted by atomic mass is 32.2. The van der Waals surface area contributed by atoms with E-state index in [0.29, 0.717) is 22.6 Å². The van der Waals surface area contributed by atoms with Gasteiger partial charge in [0.1, 0.15) is 5.82 Å². The van der Waals surface area contributed by atoms with Gasteiger partial charge in [-0.2, -0.15) is 5.10 Å². The summed E-state index contributed by atoms with van der Waals surface area (Å²) in [7, 11) is -2.01. The third kappa shape index (κ3) is 2.49. The Labute approximate surface area is 118 Å². The fourth-order valence-electron chi connectivity index (χ4n) is 2.15. The van der Waals surface area contributed by atoms with Crippen LogP contribution in [0.25, 0.3) is 0 Å². The van der Waals surface area contributed by atoms with Crippen molar-refractivity contribution in [3.63, 3.8) is 0 Å². The third-order valence-corrected chi connectivity index (χ3v) is 4.80. The minimum absolute atomic E-state index is 0.219. The molecule has 0 spiro atoms. The van der Waals surface area contributed by atoms with Crippen molar-refractivity contribution in [3.8, 4) is 0 Å². The van der Waals surface area contributed by atoms with Crippen molar-refractivity contribution in [3.05, 3.63) is 35.0 Å². The number of aromatic nitrogens is 2. The van der Waals surface area contributed by atoms with E-state index in [2.05, 4.69) is 9.82 Å². The van der Waals surface area contributed by atoms with Crippen LogP contribution in [0.2, 0.25) is 0 Å². The van der Waals surface area contributed by atoms with Crippen LogP contribution in [-0.2, 0) is 17.1 Å². The smallest absolute Gasteiger partial charge is 0.263 e. The van der Waals surface area contributed by atoms with Gasteiger partial charge in [-0.15, -0.1) is 0 Å². The monoisotopic (exact) mass is 294 g/mol. The van der Waals surface area contributed by atoms with Gasteiger partial charge in [-0.3, -0.25) is 9.40 Å². The number of hydrogen-bond donors (Lipinski definition) is 2. The number of sulfonamides is 1. The number of nitrogen functional groups attached to an aromatic ring is 1. The highest BCUT2D eigenvalue weighted by Gasteiger charge is 2.22. The molecule has 108 valence electrons. The van der Waals surface area contributed by atoms with Crippen molar-refractivity contribution in [2.75, 3.05) is 10.5 Å². The zero-order chi connectivity index (χ0) is 15.1. The van der Waals surface area contributed by atoms with E-state index in [4.69, 9.17) is 5.73 Å². The molecule has 0 aliphatic carbocycles. The Hall–Kier alpha value is -2.02. The predicted octanol–water partition coefficient (Wildman–Crippen LogP) is 1.73. The fraction of sp³-hybridized carbons (Fsp3) is 0.308. The summed E-state index contributed by atoms with van der Waals surface area (Å²) in [4.78, 5) is 0.219. The van der Waals surface area contributed by atoms with E-state index in [1.807, 2.05) is 0 Å². The van der Waals surface area contributed by atoms with Crippen LogP contribution in [0.4, 0.5) is 11.5 Å². The highest BCUT2D eigenvalue weighted by molar-refractivity contribution is 7.92. The molecule has 0 radical (unpaired) electrons. The molecule has 1 aromatic heterocycles. The number of hydrogen-bond acceptors (Lipinski definition) is 4. The SMILES string of the molecule is Cc1cc(NS(=O)(=O)c2c(C)ccc(N)c2C)n(C)n1. The summed E-state index contributed by atoms with van der Waals surface area (Å²) in [5.74, 6) is 0.420. The van der Waals surface area contributed by atoms with Crippen molar-refractivity contribution < 1.29 is 8.42 Å². The molecule has 1 heterocycles. The Bertz CT molecular complexity index is 763. The maximum atomic E-state index is 12.5. The van der Waals surface area contributed by atoms with Crippen molar-refractivity contribution in [2.45, 2.75) is 25.7 Å². The van der Waals surface area contributed by atoms with Gasteiger partial charge in [-0.1, -0.05) is 6.07 Å². The molecular weight excluding hydrogens is 276 g/mol. The van der Waals surface area contributed by atoms with E-state index in [9.17, 15) is 8.42 Å². The molecule has 6 nitrogen and oxygen atoms in total. The van der Waals surface area contributed by atoms with Gasteiger partial charge in [0.25, 0.3) is 10.0 Å². The molecule has 7 heteroatoms. The Morgan fingerprint density at radius 2 is 1.90 bits per heavy atom. The molecule has 0 bridgehead atoms. The third-order valence-electron chi connectivity index (χ3n) is 3.15. The molecule has 0 saturated carbocycles. The van der Waals surface area contributed by atoms with Crippen LogP contribution in [0.3, 0.4) is 0 Å². The molecule has 0 aliphatic rings. The predicted molar refractivity (Wildman–Crippen MR) is 79.1 cm³/mol. The van der Waals surface area contributed by atoms with Gasteiger partial charge in [0.05, 0.1) is 10.6 Å². The number of nitrogens with zero attached hydrogens (tertiary/aromatic N) is 2. The van der Waals surface area contributed by atoms with Crippen LogP contribution in [0.1, 0.15) is 16.8 Å². The van der Waals surface area contributed by atoms with Crippen molar-refractivity contribution >= 4 is 21.5 Å². The Balaban J connectivity index is 2.52. The quantitative estimate of drug-likeness (QED) is 0.844. The fourth-order valence-corrected chi connectivity index (χ4v) is 3.73. The normalized spacial score (nSPS) is 11.6. The van der Waals surface area contributed by atoms with Gasteiger partial charge in [0, 0.05) is 18.8 Å². The molecule has 1 aromatic carbocycles. The van der Waals surface area contributed by atoms with Crippen LogP contribution in [0.5, 0.6) is 0 Å². The summed E-state index contributed by atoms with van der Waals surface area (Å²) in [6.45, 7) is 5.25. The largest absolute Gasteiger partial charge is 0.398 e. The molecule has 0 aliphatic heterocycles. The minimum atomic E-state index is -3.70. The van der Waals surface area contributed by atoms with Crippen LogP contribution >= 0.6 is 0 Å². The minimum Gasteiger partial charge on any atom is -0.398 e. The topological polar surface area (TPSA) is 90.0 Å². The second-order valence-electron chi connectivity index (χ2n) is 4.83. The first kappa shape index (κ1) is 14.4. The lowest BCUT2D eigenvalue weighted by Gasteiger charge is -2.14. The van der Waals surface area contributed by atoms with Gasteiger partial charge in [0.2, 0.25) is 0 Å². The lowest BCUT2D eigenvalue weighted by molar-refractivity contribution is 0.599. The molecule has 20 heavy (non-hydrogen) atoms. The summed E-state index contributed by atoms with van der Waals surface area (Å²) in [5, 5.41) is 4.12. The molecule has 0 unspecified atom stereocenters. The first-order valence-corrected chi connectivity index (χ1v) is 7.60. The second-order valence-corrected chi connectivity index (χ2v) is 6.45.